The van der Waals surface area contributed by atoms with Crippen LogP contribution in [0.1, 0.15) is 49.7 Å². The molecule has 3 fully saturated rings. The van der Waals surface area contributed by atoms with Crippen molar-refractivity contribution in [2.45, 2.75) is 57.7 Å². The number of benzene rings is 1. The Morgan fingerprint density at radius 2 is 1.69 bits per heavy atom. The number of amidine groups is 1. The summed E-state index contributed by atoms with van der Waals surface area (Å²) in [7, 11) is 0. The molecule has 1 aromatic carbocycles. The van der Waals surface area contributed by atoms with Gasteiger partial charge in [-0.15, -0.1) is 0 Å². The van der Waals surface area contributed by atoms with Crippen LogP contribution in [0.2, 0.25) is 0 Å². The first-order chi connectivity index (χ1) is 17.0. The number of hydrogen-bond acceptors (Lipinski definition) is 7. The molecule has 188 valence electrons. The third kappa shape index (κ3) is 5.09. The summed E-state index contributed by atoms with van der Waals surface area (Å²) in [5, 5.41) is 26.4. The third-order valence-corrected chi connectivity index (χ3v) is 7.93. The van der Waals surface area contributed by atoms with Gasteiger partial charge in [0, 0.05) is 58.8 Å². The van der Waals surface area contributed by atoms with Crippen LogP contribution in [0, 0.1) is 18.3 Å². The Bertz CT molecular complexity index is 984. The minimum atomic E-state index is -0.271. The Morgan fingerprint density at radius 3 is 2.34 bits per heavy atom. The first-order valence-corrected chi connectivity index (χ1v) is 13.1. The molecule has 1 atom stereocenters. The molecule has 0 spiro atoms. The molecule has 4 aliphatic heterocycles. The average Bonchev–Trinajstić information content (AvgIpc) is 3.35. The smallest absolute Gasteiger partial charge is 0.320 e. The van der Waals surface area contributed by atoms with Gasteiger partial charge in [0.2, 0.25) is 0 Å². The van der Waals surface area contributed by atoms with Crippen molar-refractivity contribution in [3.05, 3.63) is 29.3 Å². The molecule has 2 amide bonds. The Labute approximate surface area is 208 Å². The predicted molar refractivity (Wildman–Crippen MR) is 135 cm³/mol. The second-order valence-corrected chi connectivity index (χ2v) is 10.2. The second kappa shape index (κ2) is 10.4. The number of piperazine rings is 1. The molecule has 1 unspecified atom stereocenters. The highest BCUT2D eigenvalue weighted by atomic mass is 16.3. The van der Waals surface area contributed by atoms with Gasteiger partial charge in [-0.2, -0.15) is 10.4 Å². The number of amides is 2. The van der Waals surface area contributed by atoms with E-state index in [1.165, 1.54) is 19.3 Å². The molecule has 35 heavy (non-hydrogen) atoms. The number of rotatable bonds is 2. The van der Waals surface area contributed by atoms with Crippen molar-refractivity contribution in [2.24, 2.45) is 5.10 Å². The lowest BCUT2D eigenvalue weighted by atomic mass is 10.1. The zero-order chi connectivity index (χ0) is 24.4. The maximum absolute atomic E-state index is 13.0. The van der Waals surface area contributed by atoms with Gasteiger partial charge >= 0.3 is 6.03 Å². The first kappa shape index (κ1) is 23.9. The van der Waals surface area contributed by atoms with Crippen molar-refractivity contribution in [1.82, 2.24) is 19.6 Å². The molecule has 0 bridgehead atoms. The zero-order valence-corrected chi connectivity index (χ0v) is 20.8. The van der Waals surface area contributed by atoms with Crippen LogP contribution in [-0.2, 0) is 0 Å². The van der Waals surface area contributed by atoms with E-state index in [4.69, 9.17) is 5.10 Å². The molecule has 0 saturated carbocycles. The summed E-state index contributed by atoms with van der Waals surface area (Å²) in [6, 6.07) is 8.36. The maximum atomic E-state index is 13.0. The van der Waals surface area contributed by atoms with Crippen LogP contribution in [0.15, 0.2) is 23.3 Å². The second-order valence-electron chi connectivity index (χ2n) is 10.2. The molecule has 9 heteroatoms. The summed E-state index contributed by atoms with van der Waals surface area (Å²) < 4.78 is 0. The maximum Gasteiger partial charge on any atom is 0.320 e. The standard InChI is InChI=1S/C26H37N7O2/c1-20-17-22(6-5-21(20)19-27)33-25(30-9-3-2-4-10-30)18-24(28-33)29-13-15-32(16-14-29)26(35)31-11-7-23(34)8-12-31/h5-6,17,23,25,34H,2-4,7-16,18H2,1H3. The number of nitrogens with zero attached hydrogens (tertiary/aromatic N) is 7. The van der Waals surface area contributed by atoms with Crippen LogP contribution in [0.25, 0.3) is 0 Å². The summed E-state index contributed by atoms with van der Waals surface area (Å²) in [4.78, 5) is 21.7. The lowest BCUT2D eigenvalue weighted by Gasteiger charge is -2.40. The summed E-state index contributed by atoms with van der Waals surface area (Å²) in [5.74, 6) is 1.09. The van der Waals surface area contributed by atoms with Gasteiger partial charge in [-0.1, -0.05) is 6.42 Å². The van der Waals surface area contributed by atoms with E-state index in [0.29, 0.717) is 44.6 Å². The number of hydrazone groups is 1. The summed E-state index contributed by atoms with van der Waals surface area (Å²) in [6.07, 6.45) is 5.87. The number of aliphatic hydroxyl groups excluding tert-OH is 1. The van der Waals surface area contributed by atoms with E-state index in [1.807, 2.05) is 28.9 Å². The number of hydrogen-bond donors (Lipinski definition) is 1. The number of likely N-dealkylation sites (tertiary alicyclic amines) is 2. The zero-order valence-electron chi connectivity index (χ0n) is 20.8. The first-order valence-electron chi connectivity index (χ1n) is 13.1. The van der Waals surface area contributed by atoms with Gasteiger partial charge in [-0.25, -0.2) is 9.80 Å². The van der Waals surface area contributed by atoms with Crippen LogP contribution < -0.4 is 5.01 Å². The Morgan fingerprint density at radius 1 is 1.00 bits per heavy atom. The van der Waals surface area contributed by atoms with E-state index in [0.717, 1.165) is 49.7 Å². The molecule has 1 aromatic rings. The number of aliphatic hydroxyl groups is 1. The van der Waals surface area contributed by atoms with Gasteiger partial charge in [-0.05, 0) is 56.4 Å². The van der Waals surface area contributed by atoms with Crippen molar-refractivity contribution in [3.8, 4) is 6.07 Å². The summed E-state index contributed by atoms with van der Waals surface area (Å²) in [5.41, 5.74) is 2.72. The fraction of sp³-hybridized carbons (Fsp3) is 0.654. The van der Waals surface area contributed by atoms with E-state index in [-0.39, 0.29) is 18.3 Å². The fourth-order valence-corrected chi connectivity index (χ4v) is 5.73. The number of carbonyl (C=O) groups excluding carboxylic acids is 1. The van der Waals surface area contributed by atoms with Gasteiger partial charge in [0.25, 0.3) is 0 Å². The topological polar surface area (TPSA) is 89.7 Å². The van der Waals surface area contributed by atoms with Crippen LogP contribution in [0.4, 0.5) is 10.5 Å². The molecule has 3 saturated heterocycles. The highest BCUT2D eigenvalue weighted by Crippen LogP contribution is 2.31. The number of anilines is 1. The molecule has 4 heterocycles. The highest BCUT2D eigenvalue weighted by Gasteiger charge is 2.37. The van der Waals surface area contributed by atoms with E-state index >= 15 is 0 Å². The number of carbonyl (C=O) groups is 1. The molecule has 0 aromatic heterocycles. The van der Waals surface area contributed by atoms with Gasteiger partial charge < -0.3 is 19.8 Å². The molecule has 0 aliphatic carbocycles. The molecular formula is C26H37N7O2. The fourth-order valence-electron chi connectivity index (χ4n) is 5.73. The van der Waals surface area contributed by atoms with E-state index in [1.54, 1.807) is 0 Å². The Balaban J connectivity index is 1.28. The van der Waals surface area contributed by atoms with E-state index < -0.39 is 0 Å². The molecular weight excluding hydrogens is 442 g/mol. The van der Waals surface area contributed by atoms with Crippen molar-refractivity contribution >= 4 is 17.6 Å². The normalized spacial score (nSPS) is 24.5. The van der Waals surface area contributed by atoms with Gasteiger partial charge in [-0.3, -0.25) is 4.90 Å². The lowest BCUT2D eigenvalue weighted by Crippen LogP contribution is -2.55. The molecule has 5 rings (SSSR count). The van der Waals surface area contributed by atoms with E-state index in [9.17, 15) is 15.2 Å². The Kier molecular flexibility index (Phi) is 7.12. The number of piperidine rings is 2. The van der Waals surface area contributed by atoms with Gasteiger partial charge in [0.15, 0.2) is 0 Å². The van der Waals surface area contributed by atoms with Crippen molar-refractivity contribution in [2.75, 3.05) is 57.4 Å². The van der Waals surface area contributed by atoms with Crippen LogP contribution in [0.3, 0.4) is 0 Å². The van der Waals surface area contributed by atoms with Crippen LogP contribution in [-0.4, -0.2) is 101 Å². The summed E-state index contributed by atoms with van der Waals surface area (Å²) >= 11 is 0. The molecule has 1 N–H and O–H groups in total. The average molecular weight is 480 g/mol. The quantitative estimate of drug-likeness (QED) is 0.701. The van der Waals surface area contributed by atoms with Gasteiger partial charge in [0.1, 0.15) is 12.0 Å². The molecule has 4 aliphatic rings. The monoisotopic (exact) mass is 479 g/mol. The third-order valence-electron chi connectivity index (χ3n) is 7.93. The Hall–Kier alpha value is -2.83. The minimum Gasteiger partial charge on any atom is -0.393 e. The number of urea groups is 1. The number of nitriles is 1. The van der Waals surface area contributed by atoms with E-state index in [2.05, 4.69) is 26.9 Å². The lowest BCUT2D eigenvalue weighted by molar-refractivity contribution is 0.0759. The van der Waals surface area contributed by atoms with Crippen molar-refractivity contribution < 1.29 is 9.90 Å². The number of aryl methyl sites for hydroxylation is 1. The predicted octanol–water partition coefficient (Wildman–Crippen LogP) is 2.40. The molecule has 0 radical (unpaired) electrons. The van der Waals surface area contributed by atoms with Crippen molar-refractivity contribution in [3.63, 3.8) is 0 Å². The minimum absolute atomic E-state index is 0.103. The largest absolute Gasteiger partial charge is 0.393 e. The highest BCUT2D eigenvalue weighted by molar-refractivity contribution is 5.87. The van der Waals surface area contributed by atoms with Gasteiger partial charge in [0.05, 0.1) is 23.4 Å². The SMILES string of the molecule is Cc1cc(N2N=C(N3CCN(C(=O)N4CCC(O)CC4)CC3)CC2N2CCCCC2)ccc1C#N. The van der Waals surface area contributed by atoms with Crippen LogP contribution in [0.5, 0.6) is 0 Å². The molecule has 9 nitrogen and oxygen atoms in total. The van der Waals surface area contributed by atoms with Crippen LogP contribution >= 0.6 is 0 Å². The summed E-state index contributed by atoms with van der Waals surface area (Å²) in [6.45, 7) is 8.41. The van der Waals surface area contributed by atoms with Crippen molar-refractivity contribution in [1.29, 1.82) is 5.26 Å².